The minimum absolute atomic E-state index is 0.0248. The third kappa shape index (κ3) is 4.41. The molecule has 31 heavy (non-hydrogen) atoms. The average molecular weight is 447 g/mol. The minimum Gasteiger partial charge on any atom is -0.308 e. The zero-order valence-electron chi connectivity index (χ0n) is 16.2. The summed E-state index contributed by atoms with van der Waals surface area (Å²) in [5.74, 6) is 0.130. The molecule has 3 amide bonds. The number of urea groups is 1. The van der Waals surface area contributed by atoms with E-state index in [1.165, 1.54) is 29.2 Å². The Morgan fingerprint density at radius 2 is 1.84 bits per heavy atom. The normalized spacial score (nSPS) is 17.0. The van der Waals surface area contributed by atoms with Crippen LogP contribution in [0.25, 0.3) is 5.82 Å². The zero-order chi connectivity index (χ0) is 22.2. The lowest BCUT2D eigenvalue weighted by Crippen LogP contribution is -2.33. The molecule has 0 N–H and O–H groups in total. The highest BCUT2D eigenvalue weighted by atomic mass is 32.2. The minimum atomic E-state index is -4.41. The number of aromatic nitrogens is 3. The predicted octanol–water partition coefficient (Wildman–Crippen LogP) is 4.24. The summed E-state index contributed by atoms with van der Waals surface area (Å²) in [4.78, 5) is 32.3. The third-order valence-corrected chi connectivity index (χ3v) is 5.45. The molecule has 160 valence electrons. The first kappa shape index (κ1) is 20.9. The number of hydrogen-bond acceptors (Lipinski definition) is 5. The number of carbonyl (C=O) groups is 2. The zero-order valence-corrected chi connectivity index (χ0v) is 17.0. The van der Waals surface area contributed by atoms with Gasteiger partial charge >= 0.3 is 11.5 Å². The second kappa shape index (κ2) is 8.06. The van der Waals surface area contributed by atoms with Gasteiger partial charge < -0.3 is 4.90 Å². The number of halogens is 3. The van der Waals surface area contributed by atoms with Crippen molar-refractivity contribution in [2.75, 3.05) is 4.90 Å². The standard InChI is InChI=1S/C20H16F3N5O2S/c1-13-18(29)28(15-3-5-16(6-4-15)31-20(21,22)23)19(30)26(13)12-14-7-9-24-17(11-14)27-10-2-8-25-27/h2-11,13H,12H2,1H3. The smallest absolute Gasteiger partial charge is 0.308 e. The lowest BCUT2D eigenvalue weighted by atomic mass is 10.2. The van der Waals surface area contributed by atoms with Gasteiger partial charge in [0, 0.05) is 30.0 Å². The Balaban J connectivity index is 1.53. The molecule has 11 heteroatoms. The van der Waals surface area contributed by atoms with Gasteiger partial charge in [0.15, 0.2) is 5.82 Å². The van der Waals surface area contributed by atoms with Crippen molar-refractivity contribution in [2.24, 2.45) is 0 Å². The molecule has 1 unspecified atom stereocenters. The highest BCUT2D eigenvalue weighted by molar-refractivity contribution is 8.00. The van der Waals surface area contributed by atoms with Crippen LogP contribution >= 0.6 is 11.8 Å². The van der Waals surface area contributed by atoms with Gasteiger partial charge in [-0.2, -0.15) is 18.3 Å². The molecule has 1 aromatic carbocycles. The third-order valence-electron chi connectivity index (χ3n) is 4.71. The number of imide groups is 1. The number of hydrogen-bond donors (Lipinski definition) is 0. The lowest BCUT2D eigenvalue weighted by Gasteiger charge is -2.19. The van der Waals surface area contributed by atoms with Crippen LogP contribution in [-0.2, 0) is 11.3 Å². The van der Waals surface area contributed by atoms with Gasteiger partial charge in [-0.05, 0) is 66.7 Å². The summed E-state index contributed by atoms with van der Waals surface area (Å²) < 4.78 is 39.1. The quantitative estimate of drug-likeness (QED) is 0.432. The van der Waals surface area contributed by atoms with Crippen molar-refractivity contribution < 1.29 is 22.8 Å². The van der Waals surface area contributed by atoms with Gasteiger partial charge in [-0.1, -0.05) is 0 Å². The maximum Gasteiger partial charge on any atom is 0.446 e. The van der Waals surface area contributed by atoms with E-state index in [0.29, 0.717) is 5.82 Å². The van der Waals surface area contributed by atoms with Gasteiger partial charge in [0.05, 0.1) is 5.69 Å². The van der Waals surface area contributed by atoms with E-state index in [2.05, 4.69) is 10.1 Å². The Labute approximate surface area is 179 Å². The van der Waals surface area contributed by atoms with Crippen LogP contribution in [0.1, 0.15) is 12.5 Å². The fourth-order valence-corrected chi connectivity index (χ4v) is 3.77. The average Bonchev–Trinajstić information content (AvgIpc) is 3.32. The Morgan fingerprint density at radius 3 is 2.48 bits per heavy atom. The number of nitrogens with zero attached hydrogens (tertiary/aromatic N) is 5. The number of amides is 3. The first-order valence-corrected chi connectivity index (χ1v) is 10.00. The Morgan fingerprint density at radius 1 is 1.10 bits per heavy atom. The summed E-state index contributed by atoms with van der Waals surface area (Å²) >= 11 is -0.255. The van der Waals surface area contributed by atoms with Gasteiger partial charge in [-0.25, -0.2) is 19.4 Å². The first-order chi connectivity index (χ1) is 14.7. The number of rotatable bonds is 5. The summed E-state index contributed by atoms with van der Waals surface area (Å²) in [5, 5.41) is 4.12. The Hall–Kier alpha value is -3.34. The van der Waals surface area contributed by atoms with Gasteiger partial charge in [0.1, 0.15) is 6.04 Å². The van der Waals surface area contributed by atoms with Gasteiger partial charge in [-0.3, -0.25) is 4.79 Å². The van der Waals surface area contributed by atoms with E-state index in [1.54, 1.807) is 48.4 Å². The second-order valence-electron chi connectivity index (χ2n) is 6.77. The molecule has 0 spiro atoms. The molecule has 0 bridgehead atoms. The molecule has 7 nitrogen and oxygen atoms in total. The molecular weight excluding hydrogens is 431 g/mol. The van der Waals surface area contributed by atoms with Crippen LogP contribution in [0.15, 0.2) is 66.0 Å². The van der Waals surface area contributed by atoms with E-state index in [9.17, 15) is 22.8 Å². The molecule has 1 fully saturated rings. The molecule has 3 aromatic rings. The molecule has 1 aliphatic rings. The van der Waals surface area contributed by atoms with Crippen molar-refractivity contribution in [3.63, 3.8) is 0 Å². The maximum atomic E-state index is 13.0. The summed E-state index contributed by atoms with van der Waals surface area (Å²) in [6, 6.07) is 9.15. The molecule has 1 atom stereocenters. The van der Waals surface area contributed by atoms with E-state index in [1.807, 2.05) is 0 Å². The molecule has 0 saturated carbocycles. The monoisotopic (exact) mass is 447 g/mol. The topological polar surface area (TPSA) is 71.3 Å². The van der Waals surface area contributed by atoms with Gasteiger partial charge in [0.25, 0.3) is 5.91 Å². The van der Waals surface area contributed by atoms with E-state index in [0.717, 1.165) is 10.5 Å². The summed E-state index contributed by atoms with van der Waals surface area (Å²) in [7, 11) is 0. The van der Waals surface area contributed by atoms with Gasteiger partial charge in [-0.15, -0.1) is 0 Å². The molecule has 1 saturated heterocycles. The molecule has 0 radical (unpaired) electrons. The van der Waals surface area contributed by atoms with Crippen molar-refractivity contribution in [1.82, 2.24) is 19.7 Å². The van der Waals surface area contributed by atoms with Crippen LogP contribution in [0, 0.1) is 0 Å². The van der Waals surface area contributed by atoms with Crippen LogP contribution in [0.3, 0.4) is 0 Å². The van der Waals surface area contributed by atoms with Crippen molar-refractivity contribution >= 4 is 29.4 Å². The Bertz CT molecular complexity index is 1100. The first-order valence-electron chi connectivity index (χ1n) is 9.18. The van der Waals surface area contributed by atoms with Crippen LogP contribution in [0.5, 0.6) is 0 Å². The number of benzene rings is 1. The Kier molecular flexibility index (Phi) is 5.44. The molecular formula is C20H16F3N5O2S. The summed E-state index contributed by atoms with van der Waals surface area (Å²) in [6.45, 7) is 1.78. The fraction of sp³-hybridized carbons (Fsp3) is 0.200. The van der Waals surface area contributed by atoms with Crippen LogP contribution < -0.4 is 4.90 Å². The van der Waals surface area contributed by atoms with Crippen molar-refractivity contribution in [3.05, 3.63) is 66.6 Å². The van der Waals surface area contributed by atoms with E-state index in [-0.39, 0.29) is 28.9 Å². The number of alkyl halides is 3. The van der Waals surface area contributed by atoms with Crippen LogP contribution in [0.2, 0.25) is 0 Å². The molecule has 0 aliphatic carbocycles. The number of carbonyl (C=O) groups excluding carboxylic acids is 2. The molecule has 2 aromatic heterocycles. The summed E-state index contributed by atoms with van der Waals surface area (Å²) in [5.41, 5.74) is -3.43. The molecule has 3 heterocycles. The largest absolute Gasteiger partial charge is 0.446 e. The molecule has 1 aliphatic heterocycles. The second-order valence-corrected chi connectivity index (χ2v) is 7.91. The van der Waals surface area contributed by atoms with Crippen LogP contribution in [0.4, 0.5) is 23.7 Å². The highest BCUT2D eigenvalue weighted by Gasteiger charge is 2.43. The van der Waals surface area contributed by atoms with E-state index < -0.39 is 23.5 Å². The fourth-order valence-electron chi connectivity index (χ4n) is 3.23. The lowest BCUT2D eigenvalue weighted by molar-refractivity contribution is -0.119. The van der Waals surface area contributed by atoms with Crippen molar-refractivity contribution in [1.29, 1.82) is 0 Å². The number of thioether (sulfide) groups is 1. The predicted molar refractivity (Wildman–Crippen MR) is 108 cm³/mol. The van der Waals surface area contributed by atoms with E-state index in [4.69, 9.17) is 0 Å². The maximum absolute atomic E-state index is 13.0. The number of pyridine rings is 1. The summed E-state index contributed by atoms with van der Waals surface area (Å²) in [6.07, 6.45) is 4.95. The van der Waals surface area contributed by atoms with Crippen molar-refractivity contribution in [2.45, 2.75) is 29.9 Å². The van der Waals surface area contributed by atoms with Crippen molar-refractivity contribution in [3.8, 4) is 5.82 Å². The number of anilines is 1. The van der Waals surface area contributed by atoms with E-state index >= 15 is 0 Å². The van der Waals surface area contributed by atoms with Crippen LogP contribution in [-0.4, -0.2) is 43.2 Å². The SMILES string of the molecule is CC1C(=O)N(c2ccc(SC(F)(F)F)cc2)C(=O)N1Cc1ccnc(-n2cccn2)c1. The van der Waals surface area contributed by atoms with Gasteiger partial charge in [0.2, 0.25) is 0 Å². The highest BCUT2D eigenvalue weighted by Crippen LogP contribution is 2.38. The molecule has 4 rings (SSSR count).